The zero-order valence-corrected chi connectivity index (χ0v) is 70.6. The molecule has 30 heteroatoms. The Morgan fingerprint density at radius 3 is 1.32 bits per heavy atom. The SMILES string of the molecule is CS(=O)(=O)NC(=O)c1[nH]c2cccc(Cl)c2c1CCCOc1cccc2ccccc12.CS(=O)(=O)NC(=O)c1[nH]c2ccccc2c1CCCOc1ccc2c(c1)CCC2.CS(=O)(=O)NC(=O)c1[nH]c2ccccc2c1CCCOc1ccc2ncccc2c1.CS(=O)(=O)NC(=O)c1[nH]c2ccccc2c1CCCOc1cccc2c1CCCC2. The maximum absolute atomic E-state index is 12.6. The average Bonchev–Trinajstić information content (AvgIpc) is 1.43. The van der Waals surface area contributed by atoms with Crippen molar-refractivity contribution in [3.05, 3.63) is 279 Å². The summed E-state index contributed by atoms with van der Waals surface area (Å²) in [5.41, 5.74) is 13.6. The molecule has 25 nitrogen and oxygen atoms in total. The van der Waals surface area contributed by atoms with Crippen molar-refractivity contribution in [3.63, 3.8) is 0 Å². The lowest BCUT2D eigenvalue weighted by Crippen LogP contribution is -2.30. The Bertz CT molecular complexity index is 6640. The van der Waals surface area contributed by atoms with Crippen LogP contribution in [-0.2, 0) is 91.5 Å². The van der Waals surface area contributed by atoms with E-state index in [1.807, 2.05) is 178 Å². The summed E-state index contributed by atoms with van der Waals surface area (Å²) in [6, 6.07) is 64.0. The molecule has 2 aliphatic carbocycles. The number of para-hydroxylation sites is 3. The predicted molar refractivity (Wildman–Crippen MR) is 470 cm³/mol. The molecule has 120 heavy (non-hydrogen) atoms. The Morgan fingerprint density at radius 1 is 0.367 bits per heavy atom. The van der Waals surface area contributed by atoms with Gasteiger partial charge in [-0.05, 0) is 225 Å². The molecule has 0 radical (unpaired) electrons. The molecule has 9 aromatic carbocycles. The first-order valence-corrected chi connectivity index (χ1v) is 47.2. The molecule has 16 rings (SSSR count). The summed E-state index contributed by atoms with van der Waals surface area (Å²) in [5, 5.41) is 7.10. The van der Waals surface area contributed by atoms with Crippen LogP contribution in [0.1, 0.15) is 131 Å². The zero-order valence-electron chi connectivity index (χ0n) is 66.6. The number of nitrogens with one attached hydrogen (secondary N) is 8. The van der Waals surface area contributed by atoms with Crippen LogP contribution in [0.25, 0.3) is 65.3 Å². The van der Waals surface area contributed by atoms with Gasteiger partial charge in [-0.15, -0.1) is 0 Å². The number of nitrogens with zero attached hydrogens (tertiary/aromatic N) is 1. The number of sulfonamides is 4. The van der Waals surface area contributed by atoms with Crippen LogP contribution in [0.2, 0.25) is 5.02 Å². The van der Waals surface area contributed by atoms with Crippen molar-refractivity contribution in [2.24, 2.45) is 0 Å². The van der Waals surface area contributed by atoms with Gasteiger partial charge >= 0.3 is 0 Å². The van der Waals surface area contributed by atoms with Crippen LogP contribution in [-0.4, -0.2) is 134 Å². The van der Waals surface area contributed by atoms with Gasteiger partial charge in [0.05, 0.1) is 62.0 Å². The number of H-pyrrole nitrogens is 4. The van der Waals surface area contributed by atoms with E-state index >= 15 is 0 Å². The van der Waals surface area contributed by atoms with Gasteiger partial charge in [0.2, 0.25) is 40.1 Å². The third-order valence-electron chi connectivity index (χ3n) is 20.4. The molecule has 0 saturated heterocycles. The molecule has 624 valence electrons. The van der Waals surface area contributed by atoms with Crippen molar-refractivity contribution in [3.8, 4) is 23.0 Å². The largest absolute Gasteiger partial charge is 0.494 e. The highest BCUT2D eigenvalue weighted by Crippen LogP contribution is 2.35. The Hall–Kier alpha value is -12.0. The van der Waals surface area contributed by atoms with E-state index in [2.05, 4.69) is 47.8 Å². The monoisotopic (exact) mass is 1720 g/mol. The Balaban J connectivity index is 0.000000138. The Labute approximate surface area is 700 Å². The molecule has 0 atom stereocenters. The highest BCUT2D eigenvalue weighted by molar-refractivity contribution is 7.90. The van der Waals surface area contributed by atoms with E-state index in [9.17, 15) is 52.8 Å². The van der Waals surface area contributed by atoms with Gasteiger partial charge < -0.3 is 38.9 Å². The van der Waals surface area contributed by atoms with Gasteiger partial charge in [0.1, 0.15) is 45.8 Å². The third kappa shape index (κ3) is 22.5. The fourth-order valence-corrected chi connectivity index (χ4v) is 17.3. The molecular formula is C90H92ClN9O16S4. The van der Waals surface area contributed by atoms with Crippen LogP contribution < -0.4 is 37.8 Å². The lowest BCUT2D eigenvalue weighted by atomic mass is 9.91. The second-order valence-corrected chi connectivity index (χ2v) is 37.0. The number of carbonyl (C=O) groups is 4. The summed E-state index contributed by atoms with van der Waals surface area (Å²) in [6.45, 7) is 1.94. The van der Waals surface area contributed by atoms with Gasteiger partial charge in [0.25, 0.3) is 23.6 Å². The summed E-state index contributed by atoms with van der Waals surface area (Å²) >= 11 is 6.39. The number of aromatic amines is 4. The molecule has 0 aliphatic heterocycles. The van der Waals surface area contributed by atoms with Gasteiger partial charge in [0, 0.05) is 60.6 Å². The Morgan fingerprint density at radius 2 is 0.767 bits per heavy atom. The van der Waals surface area contributed by atoms with Crippen LogP contribution in [0.4, 0.5) is 0 Å². The van der Waals surface area contributed by atoms with Crippen molar-refractivity contribution in [1.29, 1.82) is 0 Å². The highest BCUT2D eigenvalue weighted by Gasteiger charge is 2.26. The minimum Gasteiger partial charge on any atom is -0.494 e. The number of aromatic nitrogens is 5. The first kappa shape index (κ1) is 85.8. The predicted octanol–water partition coefficient (Wildman–Crippen LogP) is 15.2. The summed E-state index contributed by atoms with van der Waals surface area (Å²) < 4.78 is 124. The quantitative estimate of drug-likeness (QED) is 0.0211. The molecule has 2 aliphatic rings. The third-order valence-corrected chi connectivity index (χ3v) is 23.0. The maximum Gasteiger partial charge on any atom is 0.281 e. The second-order valence-electron chi connectivity index (χ2n) is 29.6. The summed E-state index contributed by atoms with van der Waals surface area (Å²) in [5.74, 6) is 0.738. The maximum atomic E-state index is 12.6. The molecule has 0 fully saturated rings. The number of benzene rings is 9. The number of fused-ring (bicyclic) bond motifs is 8. The van der Waals surface area contributed by atoms with E-state index in [0.29, 0.717) is 105 Å². The molecule has 0 bridgehead atoms. The topological polar surface area (TPSA) is 366 Å². The van der Waals surface area contributed by atoms with Gasteiger partial charge in [-0.2, -0.15) is 0 Å². The Kier molecular flexibility index (Phi) is 27.4. The standard InChI is InChI=1S/C23H21ClN2O4S.C23H26N2O4S.C22H21N3O4S.C22H24N2O4S/c1-31(28,29)26-23(27)22-17(21-18(24)11-5-12-19(21)25-22)10-6-14-30-20-13-4-8-15-7-2-3-9-16(15)20;1-30(27,28)25-23(26)22-19(18-11-4-5-13-20(18)24-22)12-7-15-29-21-14-6-9-16-8-2-3-10-17(16)21;1-30(27,28)25-22(26)21-18(17-7-2-3-9-20(17)24-21)8-5-13-29-16-10-11-19-15(14-16)6-4-12-23-19;1-29(26,27)24-22(25)21-19(18-8-2-3-10-20(18)23-21)9-5-13-28-17-12-11-15-6-4-7-16(15)14-17/h2-5,7-9,11-13,25H,6,10,14H2,1H3,(H,26,27);4-6,9,11,13-14,24H,2-3,7-8,10,12,15H2,1H3,(H,25,26);2-4,6-7,9-12,14,24H,5,8,13H2,1H3,(H,25,26);2-3,8,10-12,14,23H,4-7,9,13H2,1H3,(H,24,25). The number of pyridine rings is 1. The zero-order chi connectivity index (χ0) is 84.7. The number of ether oxygens (including phenoxy) is 4. The number of hydrogen-bond acceptors (Lipinski definition) is 17. The van der Waals surface area contributed by atoms with Crippen LogP contribution in [0.15, 0.2) is 206 Å². The summed E-state index contributed by atoms with van der Waals surface area (Å²) in [6.07, 6.45) is 18.6. The van der Waals surface area contributed by atoms with Gasteiger partial charge in [-0.25, -0.2) is 52.6 Å². The van der Waals surface area contributed by atoms with E-state index in [1.54, 1.807) is 24.4 Å². The van der Waals surface area contributed by atoms with Crippen molar-refractivity contribution in [1.82, 2.24) is 43.8 Å². The fraction of sp³-hybridized carbons (Fsp3) is 0.256. The number of amides is 4. The van der Waals surface area contributed by atoms with Crippen molar-refractivity contribution < 1.29 is 71.8 Å². The van der Waals surface area contributed by atoms with Crippen molar-refractivity contribution >= 4 is 141 Å². The summed E-state index contributed by atoms with van der Waals surface area (Å²) in [4.78, 5) is 66.5. The molecule has 14 aromatic rings. The second kappa shape index (κ2) is 38.4. The number of carbonyl (C=O) groups excluding carboxylic acids is 4. The molecule has 5 heterocycles. The van der Waals surface area contributed by atoms with Crippen LogP contribution >= 0.6 is 11.6 Å². The summed E-state index contributed by atoms with van der Waals surface area (Å²) in [7, 11) is -14.6. The number of rotatable bonds is 28. The minimum atomic E-state index is -3.70. The number of aryl methyl sites for hydroxylation is 7. The molecule has 0 saturated carbocycles. The van der Waals surface area contributed by atoms with Crippen molar-refractivity contribution in [2.45, 2.75) is 96.3 Å². The smallest absolute Gasteiger partial charge is 0.281 e. The molecule has 8 N–H and O–H groups in total. The first-order chi connectivity index (χ1) is 57.6. The highest BCUT2D eigenvalue weighted by atomic mass is 35.5. The van der Waals surface area contributed by atoms with Crippen LogP contribution in [0.3, 0.4) is 0 Å². The normalized spacial score (nSPS) is 12.6. The lowest BCUT2D eigenvalue weighted by Gasteiger charge is -2.19. The lowest BCUT2D eigenvalue weighted by molar-refractivity contribution is 0.0967. The fourth-order valence-electron chi connectivity index (χ4n) is 15.3. The van der Waals surface area contributed by atoms with Crippen LogP contribution in [0, 0.1) is 0 Å². The van der Waals surface area contributed by atoms with Crippen LogP contribution in [0.5, 0.6) is 23.0 Å². The average molecular weight is 1720 g/mol. The molecule has 0 spiro atoms. The minimum absolute atomic E-state index is 0.193. The molecular weight excluding hydrogens is 1630 g/mol. The van der Waals surface area contributed by atoms with E-state index in [0.717, 1.165) is 145 Å². The van der Waals surface area contributed by atoms with Crippen molar-refractivity contribution in [2.75, 3.05) is 51.5 Å². The van der Waals surface area contributed by atoms with Gasteiger partial charge in [-0.3, -0.25) is 24.2 Å². The van der Waals surface area contributed by atoms with Gasteiger partial charge in [0.15, 0.2) is 0 Å². The van der Waals surface area contributed by atoms with E-state index < -0.39 is 63.7 Å². The van der Waals surface area contributed by atoms with E-state index in [4.69, 9.17) is 30.5 Å². The number of halogens is 1. The van der Waals surface area contributed by atoms with E-state index in [1.165, 1.54) is 41.5 Å². The van der Waals surface area contributed by atoms with Gasteiger partial charge in [-0.1, -0.05) is 133 Å². The molecule has 4 amide bonds. The molecule has 5 aromatic heterocycles. The first-order valence-electron chi connectivity index (χ1n) is 39.3. The van der Waals surface area contributed by atoms with E-state index in [-0.39, 0.29) is 17.1 Å². The number of hydrogen-bond donors (Lipinski definition) is 8. The molecule has 0 unspecified atom stereocenters.